The number of hydrogen-bond acceptors (Lipinski definition) is 15. The van der Waals surface area contributed by atoms with Crippen molar-refractivity contribution < 1.29 is 73.6 Å². The minimum atomic E-state index is -3.32. The second kappa shape index (κ2) is 12.0. The lowest BCUT2D eigenvalue weighted by atomic mass is 9.56. The first kappa shape index (κ1) is 35.7. The minimum absolute atomic E-state index is 0.00981. The summed E-state index contributed by atoms with van der Waals surface area (Å²) in [6.07, 6.45) is -6.79. The Bertz CT molecular complexity index is 1960. The summed E-state index contributed by atoms with van der Waals surface area (Å²) >= 11 is 3.23. The van der Waals surface area contributed by atoms with E-state index in [0.717, 1.165) is 19.3 Å². The second-order valence-electron chi connectivity index (χ2n) is 12.5. The van der Waals surface area contributed by atoms with Gasteiger partial charge >= 0.3 is 5.97 Å². The average Bonchev–Trinajstić information content (AvgIpc) is 3.04. The summed E-state index contributed by atoms with van der Waals surface area (Å²) in [5, 5.41) is 70.1. The summed E-state index contributed by atoms with van der Waals surface area (Å²) in [4.78, 5) is 68.6. The summed E-state index contributed by atoms with van der Waals surface area (Å²) in [6.45, 7) is 2.94. The average molecular weight is 763 g/mol. The number of Topliss-reactive ketones (excluding diaryl/α,β-unsaturated/α-hetero) is 3. The normalized spacial score (nSPS) is 31.7. The molecule has 1 aliphatic heterocycles. The number of aromatic hydroxyl groups is 2. The molecule has 16 nitrogen and oxygen atoms in total. The van der Waals surface area contributed by atoms with Crippen LogP contribution in [-0.2, 0) is 31.0 Å². The molecule has 0 aromatic heterocycles. The highest BCUT2D eigenvalue weighted by molar-refractivity contribution is 9.10. The maximum Gasteiger partial charge on any atom is 0.339 e. The van der Waals surface area contributed by atoms with E-state index in [2.05, 4.69) is 21.2 Å². The zero-order chi connectivity index (χ0) is 36.9. The Morgan fingerprint density at radius 1 is 1.00 bits per heavy atom. The molecule has 1 fully saturated rings. The molecule has 8 unspecified atom stereocenters. The van der Waals surface area contributed by atoms with E-state index in [9.17, 15) is 54.6 Å². The van der Waals surface area contributed by atoms with Crippen molar-refractivity contribution in [3.05, 3.63) is 66.8 Å². The molecule has 50 heavy (non-hydrogen) atoms. The van der Waals surface area contributed by atoms with Crippen molar-refractivity contribution in [2.45, 2.75) is 68.2 Å². The number of ketones is 4. The van der Waals surface area contributed by atoms with Gasteiger partial charge in [0.2, 0.25) is 17.3 Å². The Labute approximate surface area is 291 Å². The van der Waals surface area contributed by atoms with Crippen LogP contribution in [0.3, 0.4) is 0 Å². The largest absolute Gasteiger partial charge is 0.507 e. The third kappa shape index (κ3) is 4.38. The van der Waals surface area contributed by atoms with E-state index in [0.29, 0.717) is 0 Å². The lowest BCUT2D eigenvalue weighted by Gasteiger charge is -2.53. The van der Waals surface area contributed by atoms with Crippen molar-refractivity contribution in [3.63, 3.8) is 0 Å². The summed E-state index contributed by atoms with van der Waals surface area (Å²) in [7, 11) is 3.52. The van der Waals surface area contributed by atoms with Gasteiger partial charge in [0, 0.05) is 55.0 Å². The lowest BCUT2D eigenvalue weighted by molar-refractivity contribution is -0.236. The van der Waals surface area contributed by atoms with Gasteiger partial charge in [-0.15, -0.1) is 0 Å². The summed E-state index contributed by atoms with van der Waals surface area (Å²) in [5.74, 6) is -8.64. The smallest absolute Gasteiger partial charge is 0.339 e. The predicted molar refractivity (Wildman–Crippen MR) is 169 cm³/mol. The molecule has 1 heterocycles. The van der Waals surface area contributed by atoms with Crippen LogP contribution in [0, 0.1) is 6.92 Å². The lowest BCUT2D eigenvalue weighted by Crippen LogP contribution is -2.73. The number of carbonyl (C=O) groups is 5. The molecular weight excluding hydrogens is 730 g/mol. The first-order valence-corrected chi connectivity index (χ1v) is 15.9. The fraction of sp³-hybridized carbons (Fsp3) is 0.424. The molecule has 0 saturated carbocycles. The third-order valence-electron chi connectivity index (χ3n) is 10.1. The van der Waals surface area contributed by atoms with E-state index < -0.39 is 134 Å². The van der Waals surface area contributed by atoms with E-state index in [-0.39, 0.29) is 15.6 Å². The van der Waals surface area contributed by atoms with Crippen LogP contribution in [-0.4, -0.2) is 123 Å². The van der Waals surface area contributed by atoms with Gasteiger partial charge in [-0.3, -0.25) is 19.2 Å². The highest BCUT2D eigenvalue weighted by Gasteiger charge is 2.73. The standard InChI is InChI=1S/C33H32BrNO15/c1-9-17(31(44)45)24(40)20-13(21(9)34)7-16(37)33(49-5)29(43)19-12(28(42)32(20,33)46)6-11-18(23(19)39)15(36)8-14(22(11)38)35-30-27(48-4)25(41)26(47-3)10(2)50-30/h6,8,10,16,25-27,30,35,37,39-41,46H,7H2,1-5H3,(H,44,45). The molecule has 0 radical (unpaired) electrons. The van der Waals surface area contributed by atoms with Gasteiger partial charge in [0.1, 0.15) is 35.4 Å². The number of carboxylic acid groups (broad SMARTS) is 1. The quantitative estimate of drug-likeness (QED) is 0.211. The summed E-state index contributed by atoms with van der Waals surface area (Å²) in [6, 6.07) is 0.810. The molecule has 3 aliphatic carbocycles. The topological polar surface area (TPSA) is 256 Å². The number of aromatic carboxylic acids is 1. The number of aliphatic hydroxyl groups excluding tert-OH is 2. The molecule has 0 amide bonds. The van der Waals surface area contributed by atoms with Crippen molar-refractivity contribution in [1.82, 2.24) is 5.32 Å². The van der Waals surface area contributed by atoms with Gasteiger partial charge in [-0.05, 0) is 31.0 Å². The number of halogens is 1. The van der Waals surface area contributed by atoms with E-state index >= 15 is 0 Å². The van der Waals surface area contributed by atoms with Gasteiger partial charge < -0.3 is 54.9 Å². The van der Waals surface area contributed by atoms with Gasteiger partial charge in [0.25, 0.3) is 0 Å². The number of carboxylic acids is 1. The Kier molecular flexibility index (Phi) is 8.59. The van der Waals surface area contributed by atoms with Gasteiger partial charge in [-0.2, -0.15) is 0 Å². The van der Waals surface area contributed by atoms with Crippen LogP contribution < -0.4 is 5.32 Å². The number of fused-ring (bicyclic) bond motifs is 5. The SMILES string of the molecule is COC1C(C)OC(NC2=CC(=O)c3c(cc4c(c3O)C(=O)C3(OC)C(O)Cc5c(Br)c(C)c(C(=O)O)c(O)c5C3(O)C4=O)C2=O)C(OC)C1O. The molecule has 6 rings (SSSR count). The van der Waals surface area contributed by atoms with E-state index in [1.807, 2.05) is 0 Å². The molecule has 266 valence electrons. The maximum absolute atomic E-state index is 14.6. The van der Waals surface area contributed by atoms with Crippen LogP contribution in [0.4, 0.5) is 0 Å². The zero-order valence-corrected chi connectivity index (χ0v) is 28.6. The van der Waals surface area contributed by atoms with Crippen molar-refractivity contribution in [1.29, 1.82) is 0 Å². The van der Waals surface area contributed by atoms with Crippen molar-refractivity contribution in [2.24, 2.45) is 0 Å². The number of phenols is 2. The van der Waals surface area contributed by atoms with Gasteiger partial charge in [0.05, 0.1) is 29.0 Å². The van der Waals surface area contributed by atoms with Gasteiger partial charge in [0.15, 0.2) is 23.2 Å². The number of hydrogen-bond donors (Lipinski definition) is 7. The molecule has 2 aromatic carbocycles. The molecule has 17 heteroatoms. The Morgan fingerprint density at radius 3 is 2.22 bits per heavy atom. The number of methoxy groups -OCH3 is 3. The van der Waals surface area contributed by atoms with Crippen LogP contribution in [0.25, 0.3) is 0 Å². The fourth-order valence-corrected chi connectivity index (χ4v) is 8.33. The Balaban J connectivity index is 1.53. The van der Waals surface area contributed by atoms with E-state index in [1.54, 1.807) is 6.92 Å². The van der Waals surface area contributed by atoms with Crippen molar-refractivity contribution >= 4 is 45.0 Å². The number of nitrogens with one attached hydrogen (secondary N) is 1. The molecule has 0 bridgehead atoms. The minimum Gasteiger partial charge on any atom is -0.507 e. The number of benzene rings is 2. The molecular formula is C33H32BrNO15. The van der Waals surface area contributed by atoms with Gasteiger partial charge in [-0.1, -0.05) is 15.9 Å². The molecule has 0 spiro atoms. The molecule has 4 aliphatic rings. The van der Waals surface area contributed by atoms with E-state index in [4.69, 9.17) is 18.9 Å². The van der Waals surface area contributed by atoms with Crippen molar-refractivity contribution in [3.8, 4) is 11.5 Å². The zero-order valence-electron chi connectivity index (χ0n) is 27.1. The highest BCUT2D eigenvalue weighted by atomic mass is 79.9. The number of aliphatic hydroxyl groups is 3. The molecule has 1 saturated heterocycles. The fourth-order valence-electron chi connectivity index (χ4n) is 7.77. The Morgan fingerprint density at radius 2 is 1.64 bits per heavy atom. The molecule has 8 atom stereocenters. The van der Waals surface area contributed by atoms with Crippen LogP contribution in [0.5, 0.6) is 11.5 Å². The molecule has 2 aromatic rings. The van der Waals surface area contributed by atoms with Gasteiger partial charge in [-0.25, -0.2) is 4.79 Å². The maximum atomic E-state index is 14.6. The second-order valence-corrected chi connectivity index (χ2v) is 13.3. The summed E-state index contributed by atoms with van der Waals surface area (Å²) in [5.41, 5.74) is -11.1. The first-order valence-electron chi connectivity index (χ1n) is 15.1. The number of allylic oxidation sites excluding steroid dienone is 2. The summed E-state index contributed by atoms with van der Waals surface area (Å²) < 4.78 is 22.0. The number of ether oxygens (including phenoxy) is 4. The monoisotopic (exact) mass is 761 g/mol. The highest BCUT2D eigenvalue weighted by Crippen LogP contribution is 2.58. The van der Waals surface area contributed by atoms with Crippen LogP contribution in [0.15, 0.2) is 22.3 Å². The number of phenolic OH excluding ortho intramolecular Hbond substituents is 1. The predicted octanol–water partition coefficient (Wildman–Crippen LogP) is 0.424. The van der Waals surface area contributed by atoms with Crippen molar-refractivity contribution in [2.75, 3.05) is 21.3 Å². The first-order chi connectivity index (χ1) is 23.5. The van der Waals surface area contributed by atoms with Crippen LogP contribution in [0.2, 0.25) is 0 Å². The van der Waals surface area contributed by atoms with Crippen LogP contribution >= 0.6 is 15.9 Å². The molecule has 7 N–H and O–H groups in total. The number of carbonyl (C=O) groups excluding carboxylic acids is 4. The number of rotatable bonds is 6. The Hall–Kier alpha value is -4.07. The third-order valence-corrected chi connectivity index (χ3v) is 11.2. The van der Waals surface area contributed by atoms with Crippen LogP contribution in [0.1, 0.15) is 75.4 Å². The van der Waals surface area contributed by atoms with E-state index in [1.165, 1.54) is 21.1 Å².